The average Bonchev–Trinajstić information content (AvgIpc) is 2.47. The highest BCUT2D eigenvalue weighted by atomic mass is 16.5. The Balaban J connectivity index is 2.23. The fraction of sp³-hybridized carbons (Fsp3) is 0.800. The van der Waals surface area contributed by atoms with Gasteiger partial charge in [-0.25, -0.2) is 0 Å². The molecule has 0 N–H and O–H groups in total. The lowest BCUT2D eigenvalue weighted by Crippen LogP contribution is -2.31. The minimum absolute atomic E-state index is 0.0658. The summed E-state index contributed by atoms with van der Waals surface area (Å²) in [6, 6.07) is 0. The zero-order valence-corrected chi connectivity index (χ0v) is 7.96. The van der Waals surface area contributed by atoms with E-state index < -0.39 is 0 Å². The number of allylic oxidation sites excluding steroid dienone is 1. The van der Waals surface area contributed by atoms with Crippen molar-refractivity contribution in [3.05, 3.63) is 17.5 Å². The van der Waals surface area contributed by atoms with E-state index in [1.54, 1.807) is 0 Å². The van der Waals surface area contributed by atoms with Gasteiger partial charge in [-0.1, -0.05) is 13.3 Å². The Morgan fingerprint density at radius 1 is 1.33 bits per heavy atom. The molecule has 0 amide bonds. The van der Waals surface area contributed by atoms with Gasteiger partial charge in [-0.2, -0.15) is 0 Å². The fourth-order valence-corrected chi connectivity index (χ4v) is 1.61. The Hall–Kier alpha value is -0.340. The van der Waals surface area contributed by atoms with E-state index >= 15 is 0 Å². The Bertz CT molecular complexity index is 148. The third kappa shape index (κ3) is 2.95. The molecule has 0 aromatic rings. The van der Waals surface area contributed by atoms with Crippen molar-refractivity contribution in [3.63, 3.8) is 0 Å². The summed E-state index contributed by atoms with van der Waals surface area (Å²) in [6.45, 7) is 3.76. The molecule has 0 bridgehead atoms. The normalized spacial score (nSPS) is 22.2. The molecule has 0 atom stereocenters. The summed E-state index contributed by atoms with van der Waals surface area (Å²) in [4.78, 5) is 0. The molecule has 1 heterocycles. The molecule has 2 nitrogen and oxygen atoms in total. The van der Waals surface area contributed by atoms with E-state index in [9.17, 15) is 5.21 Å². The molecule has 1 aliphatic heterocycles. The van der Waals surface area contributed by atoms with Gasteiger partial charge in [-0.3, -0.25) is 0 Å². The molecule has 1 rings (SSSR count). The van der Waals surface area contributed by atoms with Crippen LogP contribution in [-0.2, 0) is 0 Å². The molecule has 2 heteroatoms. The summed E-state index contributed by atoms with van der Waals surface area (Å²) >= 11 is 0. The number of hydrogen-bond donors (Lipinski definition) is 0. The van der Waals surface area contributed by atoms with Crippen molar-refractivity contribution in [1.82, 2.24) is 0 Å². The predicted octanol–water partition coefficient (Wildman–Crippen LogP) is 2.80. The van der Waals surface area contributed by atoms with Crippen LogP contribution < -0.4 is 0 Å². The Morgan fingerprint density at radius 3 is 2.58 bits per heavy atom. The maximum absolute atomic E-state index is 11.7. The van der Waals surface area contributed by atoms with Crippen molar-refractivity contribution in [2.45, 2.75) is 39.0 Å². The van der Waals surface area contributed by atoms with Crippen LogP contribution in [0.2, 0.25) is 0 Å². The van der Waals surface area contributed by atoms with Gasteiger partial charge in [0.25, 0.3) is 0 Å². The quantitative estimate of drug-likeness (QED) is 0.360. The van der Waals surface area contributed by atoms with Crippen LogP contribution in [0.15, 0.2) is 12.3 Å². The van der Waals surface area contributed by atoms with Crippen LogP contribution >= 0.6 is 0 Å². The van der Waals surface area contributed by atoms with Crippen LogP contribution in [0.1, 0.15) is 39.0 Å². The zero-order chi connectivity index (χ0) is 8.86. The van der Waals surface area contributed by atoms with Gasteiger partial charge < -0.3 is 9.85 Å². The molecule has 0 aromatic heterocycles. The van der Waals surface area contributed by atoms with Crippen molar-refractivity contribution in [2.24, 2.45) is 0 Å². The molecule has 1 fully saturated rings. The fourth-order valence-electron chi connectivity index (χ4n) is 1.61. The average molecular weight is 169 g/mol. The molecule has 0 unspecified atom stereocenters. The molecule has 0 spiro atoms. The summed E-state index contributed by atoms with van der Waals surface area (Å²) in [5, 5.41) is 11.7. The number of unbranched alkanes of at least 4 members (excludes halogenated alkanes) is 2. The van der Waals surface area contributed by atoms with Crippen molar-refractivity contribution in [2.75, 3.05) is 13.1 Å². The van der Waals surface area contributed by atoms with E-state index in [0.717, 1.165) is 32.4 Å². The smallest absolute Gasteiger partial charge is 0.0918 e. The number of nitrogens with zero attached hydrogens (tertiary/aromatic N) is 1. The predicted molar refractivity (Wildman–Crippen MR) is 51.3 cm³/mol. The molecule has 12 heavy (non-hydrogen) atoms. The van der Waals surface area contributed by atoms with Gasteiger partial charge in [0.1, 0.15) is 0 Å². The highest BCUT2D eigenvalue weighted by molar-refractivity contribution is 4.76. The molecule has 70 valence electrons. The van der Waals surface area contributed by atoms with E-state index in [1.165, 1.54) is 12.8 Å². The number of likely N-dealkylation sites (tertiary alicyclic amines) is 1. The Kier molecular flexibility index (Phi) is 3.76. The summed E-state index contributed by atoms with van der Waals surface area (Å²) < 4.78 is -0.0658. The zero-order valence-electron chi connectivity index (χ0n) is 7.96. The maximum Gasteiger partial charge on any atom is 0.0918 e. The Morgan fingerprint density at radius 2 is 2.00 bits per heavy atom. The van der Waals surface area contributed by atoms with Crippen LogP contribution in [0.4, 0.5) is 0 Å². The second-order valence-electron chi connectivity index (χ2n) is 3.63. The first kappa shape index (κ1) is 9.75. The lowest BCUT2D eigenvalue weighted by Gasteiger charge is -2.33. The summed E-state index contributed by atoms with van der Waals surface area (Å²) in [6.07, 6.45) is 9.59. The maximum atomic E-state index is 11.7. The van der Waals surface area contributed by atoms with Gasteiger partial charge in [0, 0.05) is 12.8 Å². The first-order valence-corrected chi connectivity index (χ1v) is 5.02. The van der Waals surface area contributed by atoms with E-state index in [4.69, 9.17) is 0 Å². The SMILES string of the molecule is CCCC/C=C/[N+]1([O-])CCCC1. The van der Waals surface area contributed by atoms with Crippen molar-refractivity contribution in [3.8, 4) is 0 Å². The van der Waals surface area contributed by atoms with Gasteiger partial charge in [-0.15, -0.1) is 0 Å². The third-order valence-corrected chi connectivity index (χ3v) is 2.42. The molecule has 0 aliphatic carbocycles. The molecule has 0 aromatic carbocycles. The molecule has 0 radical (unpaired) electrons. The standard InChI is InChI=1S/C10H19NO/c1-2-3-4-5-8-11(12)9-6-7-10-11/h5,8H,2-4,6-7,9-10H2,1H3/b8-5+. The van der Waals surface area contributed by atoms with Gasteiger partial charge in [0.15, 0.2) is 0 Å². The number of quaternary nitrogens is 1. The molecule has 1 aliphatic rings. The Labute approximate surface area is 75.0 Å². The van der Waals surface area contributed by atoms with Crippen LogP contribution in [0, 0.1) is 5.21 Å². The van der Waals surface area contributed by atoms with Gasteiger partial charge in [0.05, 0.1) is 19.3 Å². The first-order valence-electron chi connectivity index (χ1n) is 5.02. The highest BCUT2D eigenvalue weighted by Crippen LogP contribution is 2.18. The number of hydrogen-bond acceptors (Lipinski definition) is 1. The highest BCUT2D eigenvalue weighted by Gasteiger charge is 2.19. The van der Waals surface area contributed by atoms with E-state index in [-0.39, 0.29) is 4.65 Å². The van der Waals surface area contributed by atoms with Crippen molar-refractivity contribution in [1.29, 1.82) is 0 Å². The minimum atomic E-state index is -0.0658. The van der Waals surface area contributed by atoms with E-state index in [1.807, 2.05) is 6.20 Å². The first-order chi connectivity index (χ1) is 5.77. The summed E-state index contributed by atoms with van der Waals surface area (Å²) in [5.74, 6) is 0. The summed E-state index contributed by atoms with van der Waals surface area (Å²) in [7, 11) is 0. The van der Waals surface area contributed by atoms with Crippen LogP contribution in [0.25, 0.3) is 0 Å². The molecule has 1 saturated heterocycles. The molecular weight excluding hydrogens is 150 g/mol. The van der Waals surface area contributed by atoms with E-state index in [0.29, 0.717) is 0 Å². The number of hydroxylamine groups is 3. The molecule has 0 saturated carbocycles. The third-order valence-electron chi connectivity index (χ3n) is 2.42. The monoisotopic (exact) mass is 169 g/mol. The van der Waals surface area contributed by atoms with Crippen molar-refractivity contribution < 1.29 is 4.65 Å². The lowest BCUT2D eigenvalue weighted by molar-refractivity contribution is -0.815. The second-order valence-corrected chi connectivity index (χ2v) is 3.63. The second kappa shape index (κ2) is 4.63. The number of rotatable bonds is 4. The molecular formula is C10H19NO. The van der Waals surface area contributed by atoms with Crippen LogP contribution in [-0.4, -0.2) is 17.7 Å². The largest absolute Gasteiger partial charge is 0.628 e. The van der Waals surface area contributed by atoms with Gasteiger partial charge in [-0.05, 0) is 18.9 Å². The van der Waals surface area contributed by atoms with Crippen LogP contribution in [0.5, 0.6) is 0 Å². The minimum Gasteiger partial charge on any atom is -0.628 e. The lowest BCUT2D eigenvalue weighted by atomic mass is 10.2. The van der Waals surface area contributed by atoms with Crippen molar-refractivity contribution >= 4 is 0 Å². The topological polar surface area (TPSA) is 23.1 Å². The summed E-state index contributed by atoms with van der Waals surface area (Å²) in [5.41, 5.74) is 0. The van der Waals surface area contributed by atoms with Gasteiger partial charge >= 0.3 is 0 Å². The van der Waals surface area contributed by atoms with Gasteiger partial charge in [0.2, 0.25) is 0 Å². The van der Waals surface area contributed by atoms with E-state index in [2.05, 4.69) is 13.0 Å². The van der Waals surface area contributed by atoms with Crippen LogP contribution in [0.3, 0.4) is 0 Å².